The number of hydrogen-bond acceptors (Lipinski definition) is 5. The largest absolute Gasteiger partial charge is 0.490 e. The summed E-state index contributed by atoms with van der Waals surface area (Å²) in [5.41, 5.74) is 0.641. The number of benzene rings is 3. The van der Waals surface area contributed by atoms with Gasteiger partial charge in [0.2, 0.25) is 9.84 Å². The Hall–Kier alpha value is -3.34. The van der Waals surface area contributed by atoms with Crippen molar-refractivity contribution in [3.63, 3.8) is 0 Å². The van der Waals surface area contributed by atoms with Crippen LogP contribution in [-0.4, -0.2) is 15.0 Å². The average Bonchev–Trinajstić information content (AvgIpc) is 2.79. The Morgan fingerprint density at radius 3 is 2.47 bits per heavy atom. The summed E-state index contributed by atoms with van der Waals surface area (Å²) < 4.78 is 50.9. The summed E-state index contributed by atoms with van der Waals surface area (Å²) in [5, 5.41) is 9.72. The molecule has 164 valence electrons. The Kier molecular flexibility index (Phi) is 7.52. The standard InChI is InChI=1S/C24H19ClFNO4S/c1-2-30-24-14-17(13-19(15-27)32(28,29)18-7-4-3-5-8-18)11-12-23(24)31-16-20-21(25)9-6-10-22(20)26/h3-14H,2,16H2,1H3. The lowest BCUT2D eigenvalue weighted by Crippen LogP contribution is -2.04. The molecule has 0 N–H and O–H groups in total. The number of rotatable bonds is 8. The van der Waals surface area contributed by atoms with E-state index in [-0.39, 0.29) is 22.1 Å². The maximum Gasteiger partial charge on any atom is 0.216 e. The highest BCUT2D eigenvalue weighted by molar-refractivity contribution is 7.95. The first-order chi connectivity index (χ1) is 15.4. The molecule has 0 saturated carbocycles. The van der Waals surface area contributed by atoms with Crippen LogP contribution in [0, 0.1) is 17.1 Å². The molecule has 0 atom stereocenters. The minimum atomic E-state index is -3.97. The van der Waals surface area contributed by atoms with E-state index in [1.54, 1.807) is 55.5 Å². The molecule has 3 aromatic rings. The second-order valence-corrected chi connectivity index (χ2v) is 8.89. The highest BCUT2D eigenvalue weighted by Crippen LogP contribution is 2.32. The van der Waals surface area contributed by atoms with Crippen LogP contribution in [0.3, 0.4) is 0 Å². The number of halogens is 2. The molecule has 3 aromatic carbocycles. The molecule has 32 heavy (non-hydrogen) atoms. The van der Waals surface area contributed by atoms with Gasteiger partial charge in [-0.25, -0.2) is 12.8 Å². The second-order valence-electron chi connectivity index (χ2n) is 6.56. The van der Waals surface area contributed by atoms with Gasteiger partial charge in [0.25, 0.3) is 0 Å². The number of ether oxygens (including phenoxy) is 2. The molecule has 0 amide bonds. The van der Waals surface area contributed by atoms with E-state index in [1.165, 1.54) is 30.3 Å². The van der Waals surface area contributed by atoms with E-state index in [4.69, 9.17) is 21.1 Å². The maximum atomic E-state index is 14.0. The van der Waals surface area contributed by atoms with E-state index in [0.29, 0.717) is 23.7 Å². The van der Waals surface area contributed by atoms with Crippen molar-refractivity contribution in [1.82, 2.24) is 0 Å². The van der Waals surface area contributed by atoms with Gasteiger partial charge in [0.1, 0.15) is 23.4 Å². The van der Waals surface area contributed by atoms with Crippen molar-refractivity contribution in [3.05, 3.63) is 93.6 Å². The predicted octanol–water partition coefficient (Wildman–Crippen LogP) is 5.80. The highest BCUT2D eigenvalue weighted by atomic mass is 35.5. The van der Waals surface area contributed by atoms with Crippen molar-refractivity contribution in [2.45, 2.75) is 18.4 Å². The van der Waals surface area contributed by atoms with E-state index in [0.717, 1.165) is 0 Å². The summed E-state index contributed by atoms with van der Waals surface area (Å²) in [5.74, 6) is 0.163. The average molecular weight is 472 g/mol. The van der Waals surface area contributed by atoms with Crippen LogP contribution in [0.15, 0.2) is 76.5 Å². The molecule has 0 heterocycles. The number of allylic oxidation sites excluding steroid dienone is 1. The van der Waals surface area contributed by atoms with Crippen molar-refractivity contribution in [1.29, 1.82) is 5.26 Å². The lowest BCUT2D eigenvalue weighted by Gasteiger charge is -2.14. The Morgan fingerprint density at radius 1 is 1.06 bits per heavy atom. The van der Waals surface area contributed by atoms with Gasteiger partial charge in [-0.05, 0) is 55.0 Å². The van der Waals surface area contributed by atoms with Crippen LogP contribution in [0.1, 0.15) is 18.1 Å². The molecule has 0 aliphatic rings. The van der Waals surface area contributed by atoms with E-state index in [2.05, 4.69) is 0 Å². The molecule has 0 radical (unpaired) electrons. The molecule has 0 aliphatic carbocycles. The van der Waals surface area contributed by atoms with Crippen LogP contribution in [0.4, 0.5) is 4.39 Å². The van der Waals surface area contributed by atoms with E-state index < -0.39 is 20.6 Å². The van der Waals surface area contributed by atoms with Gasteiger partial charge in [-0.15, -0.1) is 0 Å². The first-order valence-electron chi connectivity index (χ1n) is 9.61. The Balaban J connectivity index is 1.92. The number of sulfone groups is 1. The van der Waals surface area contributed by atoms with Crippen LogP contribution in [0.25, 0.3) is 6.08 Å². The van der Waals surface area contributed by atoms with Crippen LogP contribution in [-0.2, 0) is 16.4 Å². The number of nitrogens with zero attached hydrogens (tertiary/aromatic N) is 1. The molecule has 0 fully saturated rings. The van der Waals surface area contributed by atoms with Crippen molar-refractivity contribution < 1.29 is 22.3 Å². The molecule has 0 aliphatic heterocycles. The van der Waals surface area contributed by atoms with E-state index >= 15 is 0 Å². The van der Waals surface area contributed by atoms with Crippen LogP contribution in [0.2, 0.25) is 5.02 Å². The van der Waals surface area contributed by atoms with Gasteiger partial charge < -0.3 is 9.47 Å². The molecule has 8 heteroatoms. The summed E-state index contributed by atoms with van der Waals surface area (Å²) in [6, 6.07) is 18.5. The minimum absolute atomic E-state index is 0.0274. The van der Waals surface area contributed by atoms with E-state index in [1.807, 2.05) is 0 Å². The monoisotopic (exact) mass is 471 g/mol. The van der Waals surface area contributed by atoms with Gasteiger partial charge in [-0.2, -0.15) is 5.26 Å². The summed E-state index contributed by atoms with van der Waals surface area (Å²) in [7, 11) is -3.97. The highest BCUT2D eigenvalue weighted by Gasteiger charge is 2.21. The summed E-state index contributed by atoms with van der Waals surface area (Å²) in [6.45, 7) is 1.98. The quantitative estimate of drug-likeness (QED) is 0.388. The molecule has 5 nitrogen and oxygen atoms in total. The fourth-order valence-electron chi connectivity index (χ4n) is 2.87. The van der Waals surface area contributed by atoms with Gasteiger partial charge in [0.15, 0.2) is 11.5 Å². The SMILES string of the molecule is CCOc1cc(C=C(C#N)S(=O)(=O)c2ccccc2)ccc1OCc1c(F)cccc1Cl. The van der Waals surface area contributed by atoms with Crippen LogP contribution >= 0.6 is 11.6 Å². The summed E-state index contributed by atoms with van der Waals surface area (Å²) in [4.78, 5) is -0.377. The predicted molar refractivity (Wildman–Crippen MR) is 121 cm³/mol. The fourth-order valence-corrected chi connectivity index (χ4v) is 4.27. The number of nitriles is 1. The molecule has 0 spiro atoms. The first kappa shape index (κ1) is 23.3. The smallest absolute Gasteiger partial charge is 0.216 e. The fraction of sp³-hybridized carbons (Fsp3) is 0.125. The molecule has 0 bridgehead atoms. The van der Waals surface area contributed by atoms with Crippen molar-refractivity contribution >= 4 is 27.5 Å². The Morgan fingerprint density at radius 2 is 1.81 bits per heavy atom. The van der Waals surface area contributed by atoms with Crippen molar-refractivity contribution in [2.24, 2.45) is 0 Å². The normalized spacial score (nSPS) is 11.6. The van der Waals surface area contributed by atoms with Gasteiger partial charge in [-0.1, -0.05) is 41.9 Å². The third-order valence-electron chi connectivity index (χ3n) is 4.45. The zero-order chi connectivity index (χ0) is 23.1. The van der Waals surface area contributed by atoms with Gasteiger partial charge in [0, 0.05) is 5.56 Å². The molecular formula is C24H19ClFNO4S. The topological polar surface area (TPSA) is 76.4 Å². The van der Waals surface area contributed by atoms with Crippen LogP contribution < -0.4 is 9.47 Å². The lowest BCUT2D eigenvalue weighted by atomic mass is 10.2. The Bertz CT molecular complexity index is 1260. The van der Waals surface area contributed by atoms with Gasteiger partial charge in [0.05, 0.1) is 16.5 Å². The molecule has 0 unspecified atom stereocenters. The lowest BCUT2D eigenvalue weighted by molar-refractivity contribution is 0.266. The third kappa shape index (κ3) is 5.28. The van der Waals surface area contributed by atoms with Gasteiger partial charge >= 0.3 is 0 Å². The molecular weight excluding hydrogens is 453 g/mol. The van der Waals surface area contributed by atoms with E-state index in [9.17, 15) is 18.1 Å². The zero-order valence-electron chi connectivity index (χ0n) is 17.1. The zero-order valence-corrected chi connectivity index (χ0v) is 18.7. The third-order valence-corrected chi connectivity index (χ3v) is 6.49. The first-order valence-corrected chi connectivity index (χ1v) is 11.5. The van der Waals surface area contributed by atoms with Gasteiger partial charge in [-0.3, -0.25) is 0 Å². The molecule has 0 aromatic heterocycles. The summed E-state index contributed by atoms with van der Waals surface area (Å²) in [6.07, 6.45) is 1.27. The Labute approximate surface area is 191 Å². The minimum Gasteiger partial charge on any atom is -0.490 e. The van der Waals surface area contributed by atoms with Crippen molar-refractivity contribution in [2.75, 3.05) is 6.61 Å². The molecule has 0 saturated heterocycles. The maximum absolute atomic E-state index is 14.0. The number of hydrogen-bond donors (Lipinski definition) is 0. The molecule has 3 rings (SSSR count). The van der Waals surface area contributed by atoms with Crippen LogP contribution in [0.5, 0.6) is 11.5 Å². The summed E-state index contributed by atoms with van der Waals surface area (Å²) >= 11 is 6.04. The van der Waals surface area contributed by atoms with Crippen molar-refractivity contribution in [3.8, 4) is 17.6 Å². The second kappa shape index (κ2) is 10.3.